The number of hydrogen-bond acceptors (Lipinski definition) is 2. The average Bonchev–Trinajstić information content (AvgIpc) is 2.29. The van der Waals surface area contributed by atoms with Gasteiger partial charge in [0.1, 0.15) is 0 Å². The topological polar surface area (TPSA) is 12.4 Å². The van der Waals surface area contributed by atoms with Gasteiger partial charge < -0.3 is 0 Å². The van der Waals surface area contributed by atoms with E-state index in [1.54, 1.807) is 18.0 Å². The van der Waals surface area contributed by atoms with Crippen LogP contribution in [-0.4, -0.2) is 19.0 Å². The van der Waals surface area contributed by atoms with Crippen molar-refractivity contribution in [3.63, 3.8) is 0 Å². The standard InChI is InChI=1S/C13H13NS/c1-12(15-2)11-14-10-6-9-13-7-4-3-5-8-13/h3-5,7-8,10H,1,11H2,2H3. The lowest BCUT2D eigenvalue weighted by molar-refractivity contribution is 1.25. The van der Waals surface area contributed by atoms with E-state index in [0.717, 1.165) is 10.5 Å². The lowest BCUT2D eigenvalue weighted by Crippen LogP contribution is -1.80. The molecule has 1 rings (SSSR count). The fraction of sp³-hybridized carbons (Fsp3) is 0.154. The van der Waals surface area contributed by atoms with E-state index in [1.807, 2.05) is 36.6 Å². The van der Waals surface area contributed by atoms with Crippen molar-refractivity contribution in [1.29, 1.82) is 0 Å². The normalized spacial score (nSPS) is 9.67. The molecule has 0 atom stereocenters. The van der Waals surface area contributed by atoms with E-state index in [4.69, 9.17) is 0 Å². The highest BCUT2D eigenvalue weighted by Crippen LogP contribution is 2.06. The minimum Gasteiger partial charge on any atom is -0.279 e. The molecule has 1 aromatic rings. The first-order valence-electron chi connectivity index (χ1n) is 4.59. The summed E-state index contributed by atoms with van der Waals surface area (Å²) in [6.45, 7) is 4.47. The van der Waals surface area contributed by atoms with Crippen molar-refractivity contribution < 1.29 is 0 Å². The SMILES string of the molecule is C=C(CN=CC#Cc1ccccc1)SC. The van der Waals surface area contributed by atoms with Crippen molar-refractivity contribution >= 4 is 18.0 Å². The fourth-order valence-electron chi connectivity index (χ4n) is 0.895. The zero-order valence-electron chi connectivity index (χ0n) is 8.73. The van der Waals surface area contributed by atoms with Crippen LogP contribution in [0.15, 0.2) is 46.8 Å². The predicted molar refractivity (Wildman–Crippen MR) is 69.3 cm³/mol. The smallest absolute Gasteiger partial charge is 0.0719 e. The number of hydrogen-bond donors (Lipinski definition) is 0. The van der Waals surface area contributed by atoms with Gasteiger partial charge in [-0.05, 0) is 29.2 Å². The summed E-state index contributed by atoms with van der Waals surface area (Å²) in [6.07, 6.45) is 3.63. The zero-order chi connectivity index (χ0) is 10.9. The first kappa shape index (κ1) is 11.6. The molecule has 0 saturated heterocycles. The van der Waals surface area contributed by atoms with E-state index in [9.17, 15) is 0 Å². The van der Waals surface area contributed by atoms with Crippen molar-refractivity contribution in [3.05, 3.63) is 47.4 Å². The summed E-state index contributed by atoms with van der Waals surface area (Å²) in [6, 6.07) is 9.86. The Kier molecular flexibility index (Phi) is 5.35. The molecular formula is C13H13NS. The first-order chi connectivity index (χ1) is 7.33. The summed E-state index contributed by atoms with van der Waals surface area (Å²) in [7, 11) is 0. The average molecular weight is 215 g/mol. The summed E-state index contributed by atoms with van der Waals surface area (Å²) in [5.41, 5.74) is 1.01. The molecule has 0 aliphatic rings. The molecule has 76 valence electrons. The molecule has 0 bridgehead atoms. The van der Waals surface area contributed by atoms with E-state index in [2.05, 4.69) is 23.4 Å². The molecule has 0 unspecified atom stereocenters. The van der Waals surface area contributed by atoms with E-state index in [-0.39, 0.29) is 0 Å². The van der Waals surface area contributed by atoms with E-state index in [0.29, 0.717) is 6.54 Å². The van der Waals surface area contributed by atoms with Crippen LogP contribution < -0.4 is 0 Å². The highest BCUT2D eigenvalue weighted by atomic mass is 32.2. The van der Waals surface area contributed by atoms with Crippen LogP contribution >= 0.6 is 11.8 Å². The van der Waals surface area contributed by atoms with Crippen LogP contribution in [0.3, 0.4) is 0 Å². The molecule has 1 aromatic carbocycles. The lowest BCUT2D eigenvalue weighted by Gasteiger charge is -1.91. The summed E-state index contributed by atoms with van der Waals surface area (Å²) >= 11 is 1.62. The van der Waals surface area contributed by atoms with E-state index in [1.165, 1.54) is 0 Å². The highest BCUT2D eigenvalue weighted by molar-refractivity contribution is 8.02. The molecule has 15 heavy (non-hydrogen) atoms. The minimum absolute atomic E-state index is 0.643. The fourth-order valence-corrected chi connectivity index (χ4v) is 1.10. The third kappa shape index (κ3) is 5.09. The van der Waals surface area contributed by atoms with Gasteiger partial charge in [0.25, 0.3) is 0 Å². The van der Waals surface area contributed by atoms with Crippen LogP contribution in [0.25, 0.3) is 0 Å². The third-order valence-corrected chi connectivity index (χ3v) is 2.41. The van der Waals surface area contributed by atoms with Gasteiger partial charge in [-0.3, -0.25) is 4.99 Å². The Morgan fingerprint density at radius 3 is 2.87 bits per heavy atom. The maximum Gasteiger partial charge on any atom is 0.0719 e. The zero-order valence-corrected chi connectivity index (χ0v) is 9.55. The van der Waals surface area contributed by atoms with Gasteiger partial charge in [-0.1, -0.05) is 30.7 Å². The van der Waals surface area contributed by atoms with Gasteiger partial charge in [0.05, 0.1) is 12.8 Å². The second kappa shape index (κ2) is 6.92. The molecule has 0 aliphatic heterocycles. The number of rotatable bonds is 3. The minimum atomic E-state index is 0.643. The van der Waals surface area contributed by atoms with Crippen molar-refractivity contribution in [2.75, 3.05) is 12.8 Å². The number of nitrogens with zero attached hydrogens (tertiary/aromatic N) is 1. The summed E-state index contributed by atoms with van der Waals surface area (Å²) in [4.78, 5) is 5.19. The lowest BCUT2D eigenvalue weighted by atomic mass is 10.2. The maximum atomic E-state index is 4.14. The molecule has 1 nitrogen and oxygen atoms in total. The van der Waals surface area contributed by atoms with Gasteiger partial charge >= 0.3 is 0 Å². The predicted octanol–water partition coefficient (Wildman–Crippen LogP) is 2.99. The van der Waals surface area contributed by atoms with Crippen LogP contribution in [0.1, 0.15) is 5.56 Å². The van der Waals surface area contributed by atoms with Crippen LogP contribution in [0.2, 0.25) is 0 Å². The molecule has 0 amide bonds. The largest absolute Gasteiger partial charge is 0.279 e. The number of benzene rings is 1. The summed E-state index contributed by atoms with van der Waals surface area (Å²) in [5, 5.41) is 0. The second-order valence-corrected chi connectivity index (χ2v) is 3.83. The molecule has 0 fully saturated rings. The monoisotopic (exact) mass is 215 g/mol. The Morgan fingerprint density at radius 1 is 1.47 bits per heavy atom. The Balaban J connectivity index is 2.43. The second-order valence-electron chi connectivity index (χ2n) is 2.85. The van der Waals surface area contributed by atoms with E-state index < -0.39 is 0 Å². The molecule has 0 N–H and O–H groups in total. The molecule has 0 spiro atoms. The molecule has 0 radical (unpaired) electrons. The molecule has 0 saturated carbocycles. The van der Waals surface area contributed by atoms with Gasteiger partial charge in [-0.25, -0.2) is 0 Å². The Morgan fingerprint density at radius 2 is 2.20 bits per heavy atom. The molecular weight excluding hydrogens is 202 g/mol. The van der Waals surface area contributed by atoms with Gasteiger partial charge in [0.2, 0.25) is 0 Å². The van der Waals surface area contributed by atoms with Crippen LogP contribution in [-0.2, 0) is 0 Å². The van der Waals surface area contributed by atoms with Gasteiger partial charge in [-0.15, -0.1) is 11.8 Å². The molecule has 0 aliphatic carbocycles. The van der Waals surface area contributed by atoms with E-state index >= 15 is 0 Å². The number of aliphatic imine (C=N–C) groups is 1. The van der Waals surface area contributed by atoms with Gasteiger partial charge in [-0.2, -0.15) is 0 Å². The summed E-state index contributed by atoms with van der Waals surface area (Å²) in [5.74, 6) is 5.89. The van der Waals surface area contributed by atoms with Crippen LogP contribution in [0.5, 0.6) is 0 Å². The van der Waals surface area contributed by atoms with Crippen molar-refractivity contribution in [3.8, 4) is 11.8 Å². The van der Waals surface area contributed by atoms with Crippen LogP contribution in [0, 0.1) is 11.8 Å². The quantitative estimate of drug-likeness (QED) is 0.558. The Labute approximate surface area is 95.3 Å². The molecule has 0 aromatic heterocycles. The van der Waals surface area contributed by atoms with Crippen molar-refractivity contribution in [2.24, 2.45) is 4.99 Å². The maximum absolute atomic E-state index is 4.14. The Hall–Kier alpha value is -1.46. The highest BCUT2D eigenvalue weighted by Gasteiger charge is 1.84. The van der Waals surface area contributed by atoms with Crippen molar-refractivity contribution in [2.45, 2.75) is 0 Å². The molecule has 2 heteroatoms. The van der Waals surface area contributed by atoms with Crippen molar-refractivity contribution in [1.82, 2.24) is 0 Å². The number of thioether (sulfide) groups is 1. The van der Waals surface area contributed by atoms with Gasteiger partial charge in [0, 0.05) is 5.56 Å². The Bertz CT molecular complexity index is 396. The van der Waals surface area contributed by atoms with Crippen LogP contribution in [0.4, 0.5) is 0 Å². The third-order valence-electron chi connectivity index (χ3n) is 1.70. The summed E-state index contributed by atoms with van der Waals surface area (Å²) < 4.78 is 0. The van der Waals surface area contributed by atoms with Gasteiger partial charge in [0.15, 0.2) is 0 Å². The first-order valence-corrected chi connectivity index (χ1v) is 5.82. The molecule has 0 heterocycles.